The van der Waals surface area contributed by atoms with Crippen LogP contribution >= 0.6 is 23.2 Å². The number of halogens is 2. The van der Waals surface area contributed by atoms with Gasteiger partial charge in [-0.3, -0.25) is 0 Å². The third-order valence-corrected chi connectivity index (χ3v) is 5.07. The molecule has 1 aromatic carbocycles. The monoisotopic (exact) mass is 293 g/mol. The summed E-state index contributed by atoms with van der Waals surface area (Å²) in [5.74, 6) is 0.815. The van der Waals surface area contributed by atoms with E-state index < -0.39 is 9.84 Å². The van der Waals surface area contributed by atoms with E-state index in [2.05, 4.69) is 0 Å². The zero-order chi connectivity index (χ0) is 12.5. The summed E-state index contributed by atoms with van der Waals surface area (Å²) >= 11 is 11.9. The summed E-state index contributed by atoms with van der Waals surface area (Å²) in [5.41, 5.74) is 1.85. The molecule has 3 nitrogen and oxygen atoms in total. The predicted octanol–water partition coefficient (Wildman–Crippen LogP) is 2.31. The molecule has 0 unspecified atom stereocenters. The van der Waals surface area contributed by atoms with Gasteiger partial charge in [-0.25, -0.2) is 8.42 Å². The number of alkyl halides is 1. The molecule has 0 aromatic heterocycles. The zero-order valence-electron chi connectivity index (χ0n) is 9.20. The van der Waals surface area contributed by atoms with E-state index in [-0.39, 0.29) is 11.5 Å². The molecule has 6 heteroatoms. The molecule has 0 atom stereocenters. The number of rotatable bonds is 2. The molecule has 0 spiro atoms. The molecule has 2 rings (SSSR count). The van der Waals surface area contributed by atoms with Crippen molar-refractivity contribution in [3.8, 4) is 0 Å². The first-order chi connectivity index (χ1) is 8.02. The number of anilines is 1. The van der Waals surface area contributed by atoms with E-state index in [4.69, 9.17) is 23.2 Å². The molecule has 0 amide bonds. The molecule has 1 aromatic rings. The van der Waals surface area contributed by atoms with E-state index in [9.17, 15) is 8.42 Å². The van der Waals surface area contributed by atoms with Crippen molar-refractivity contribution in [2.75, 3.05) is 29.5 Å². The Morgan fingerprint density at radius 3 is 2.41 bits per heavy atom. The van der Waals surface area contributed by atoms with Crippen molar-refractivity contribution >= 4 is 38.7 Å². The first-order valence-corrected chi connectivity index (χ1v) is 8.05. The lowest BCUT2D eigenvalue weighted by Gasteiger charge is -2.29. The molecule has 0 bridgehead atoms. The predicted molar refractivity (Wildman–Crippen MR) is 71.9 cm³/mol. The molecule has 1 saturated heterocycles. The van der Waals surface area contributed by atoms with Gasteiger partial charge in [-0.05, 0) is 17.7 Å². The van der Waals surface area contributed by atoms with Gasteiger partial charge in [-0.2, -0.15) is 0 Å². The minimum absolute atomic E-state index is 0.195. The lowest BCUT2D eigenvalue weighted by molar-refractivity contribution is 0.587. The topological polar surface area (TPSA) is 37.4 Å². The van der Waals surface area contributed by atoms with Crippen LogP contribution in [0.1, 0.15) is 5.56 Å². The SMILES string of the molecule is O=S1(=O)CCN(c2ccc(CCl)cc2Cl)CC1. The zero-order valence-corrected chi connectivity index (χ0v) is 11.5. The molecule has 17 heavy (non-hydrogen) atoms. The highest BCUT2D eigenvalue weighted by molar-refractivity contribution is 7.91. The summed E-state index contributed by atoms with van der Waals surface area (Å²) in [6.07, 6.45) is 0. The van der Waals surface area contributed by atoms with Crippen LogP contribution in [0, 0.1) is 0 Å². The second kappa shape index (κ2) is 5.04. The van der Waals surface area contributed by atoms with Crippen molar-refractivity contribution in [1.82, 2.24) is 0 Å². The van der Waals surface area contributed by atoms with Gasteiger partial charge in [0, 0.05) is 19.0 Å². The van der Waals surface area contributed by atoms with Gasteiger partial charge in [-0.1, -0.05) is 17.7 Å². The smallest absolute Gasteiger partial charge is 0.153 e. The number of hydrogen-bond donors (Lipinski definition) is 0. The Balaban J connectivity index is 2.19. The molecule has 94 valence electrons. The van der Waals surface area contributed by atoms with Crippen molar-refractivity contribution in [3.63, 3.8) is 0 Å². The Kier molecular flexibility index (Phi) is 3.85. The Labute approximate surface area is 111 Å². The summed E-state index contributed by atoms with van der Waals surface area (Å²) in [5, 5.41) is 0.627. The van der Waals surface area contributed by atoms with Gasteiger partial charge < -0.3 is 4.90 Å². The maximum atomic E-state index is 11.3. The van der Waals surface area contributed by atoms with E-state index in [1.807, 2.05) is 23.1 Å². The highest BCUT2D eigenvalue weighted by Gasteiger charge is 2.22. The van der Waals surface area contributed by atoms with Gasteiger partial charge in [0.25, 0.3) is 0 Å². The van der Waals surface area contributed by atoms with Gasteiger partial charge in [0.05, 0.1) is 22.2 Å². The molecular weight excluding hydrogens is 281 g/mol. The largest absolute Gasteiger partial charge is 0.368 e. The third-order valence-electron chi connectivity index (χ3n) is 2.85. The normalized spacial score (nSPS) is 19.3. The van der Waals surface area contributed by atoms with Gasteiger partial charge >= 0.3 is 0 Å². The van der Waals surface area contributed by atoms with E-state index in [0.717, 1.165) is 11.3 Å². The molecule has 0 aliphatic carbocycles. The molecule has 0 radical (unpaired) electrons. The lowest BCUT2D eigenvalue weighted by atomic mass is 10.2. The summed E-state index contributed by atoms with van der Waals surface area (Å²) in [6, 6.07) is 5.64. The van der Waals surface area contributed by atoms with Crippen LogP contribution < -0.4 is 4.90 Å². The summed E-state index contributed by atoms with van der Waals surface area (Å²) in [6.45, 7) is 1.00. The average Bonchev–Trinajstić information content (AvgIpc) is 2.29. The molecule has 1 heterocycles. The van der Waals surface area contributed by atoms with Crippen molar-refractivity contribution < 1.29 is 8.42 Å². The van der Waals surface area contributed by atoms with Crippen molar-refractivity contribution in [3.05, 3.63) is 28.8 Å². The Bertz CT molecular complexity index is 502. The Morgan fingerprint density at radius 1 is 1.24 bits per heavy atom. The number of sulfone groups is 1. The highest BCUT2D eigenvalue weighted by atomic mass is 35.5. The van der Waals surface area contributed by atoms with Crippen molar-refractivity contribution in [2.45, 2.75) is 5.88 Å². The van der Waals surface area contributed by atoms with Crippen LogP contribution in [0.15, 0.2) is 18.2 Å². The van der Waals surface area contributed by atoms with Gasteiger partial charge in [0.2, 0.25) is 0 Å². The van der Waals surface area contributed by atoms with Gasteiger partial charge in [0.1, 0.15) is 0 Å². The average molecular weight is 294 g/mol. The summed E-state index contributed by atoms with van der Waals surface area (Å²) in [7, 11) is -2.86. The van der Waals surface area contributed by atoms with Crippen molar-refractivity contribution in [2.24, 2.45) is 0 Å². The molecular formula is C11H13Cl2NO2S. The summed E-state index contributed by atoms with van der Waals surface area (Å²) in [4.78, 5) is 2.00. The van der Waals surface area contributed by atoms with Gasteiger partial charge in [0.15, 0.2) is 9.84 Å². The lowest BCUT2D eigenvalue weighted by Crippen LogP contribution is -2.40. The standard InChI is InChI=1S/C11H13Cl2NO2S/c12-8-9-1-2-11(10(13)7-9)14-3-5-17(15,16)6-4-14/h1-2,7H,3-6,8H2. The quantitative estimate of drug-likeness (QED) is 0.786. The van der Waals surface area contributed by atoms with Gasteiger partial charge in [-0.15, -0.1) is 11.6 Å². The molecule has 1 aliphatic rings. The number of nitrogens with zero attached hydrogens (tertiary/aromatic N) is 1. The van der Waals surface area contributed by atoms with E-state index in [1.54, 1.807) is 0 Å². The van der Waals surface area contributed by atoms with E-state index >= 15 is 0 Å². The van der Waals surface area contributed by atoms with Crippen LogP contribution in [0.4, 0.5) is 5.69 Å². The van der Waals surface area contributed by atoms with Crippen LogP contribution in [-0.4, -0.2) is 33.0 Å². The molecule has 1 aliphatic heterocycles. The second-order valence-corrected chi connectivity index (χ2v) is 7.04. The minimum Gasteiger partial charge on any atom is -0.368 e. The summed E-state index contributed by atoms with van der Waals surface area (Å²) < 4.78 is 22.7. The van der Waals surface area contributed by atoms with Crippen LogP contribution in [0.25, 0.3) is 0 Å². The minimum atomic E-state index is -2.86. The van der Waals surface area contributed by atoms with Crippen LogP contribution in [0.5, 0.6) is 0 Å². The van der Waals surface area contributed by atoms with Crippen molar-refractivity contribution in [1.29, 1.82) is 0 Å². The number of benzene rings is 1. The second-order valence-electron chi connectivity index (χ2n) is 4.06. The maximum Gasteiger partial charge on any atom is 0.153 e. The first-order valence-electron chi connectivity index (χ1n) is 5.31. The Morgan fingerprint density at radius 2 is 1.88 bits per heavy atom. The first kappa shape index (κ1) is 13.0. The molecule has 1 fully saturated rings. The fraction of sp³-hybridized carbons (Fsp3) is 0.455. The van der Waals surface area contributed by atoms with E-state index in [1.165, 1.54) is 0 Å². The highest BCUT2D eigenvalue weighted by Crippen LogP contribution is 2.28. The molecule has 0 N–H and O–H groups in total. The van der Waals surface area contributed by atoms with Crippen LogP contribution in [0.3, 0.4) is 0 Å². The fourth-order valence-electron chi connectivity index (χ4n) is 1.84. The van der Waals surface area contributed by atoms with Crippen LogP contribution in [0.2, 0.25) is 5.02 Å². The number of hydrogen-bond acceptors (Lipinski definition) is 3. The maximum absolute atomic E-state index is 11.3. The van der Waals surface area contributed by atoms with E-state index in [0.29, 0.717) is 24.0 Å². The van der Waals surface area contributed by atoms with Crippen LogP contribution in [-0.2, 0) is 15.7 Å². The third kappa shape index (κ3) is 3.06. The molecule has 0 saturated carbocycles. The Hall–Kier alpha value is -0.450. The fourth-order valence-corrected chi connectivity index (χ4v) is 3.53.